The molecule has 0 atom stereocenters. The summed E-state index contributed by atoms with van der Waals surface area (Å²) in [6.07, 6.45) is 63.6. The van der Waals surface area contributed by atoms with Crippen LogP contribution in [0.25, 0.3) is 0 Å². The molecule has 139 heavy (non-hydrogen) atoms. The molecule has 0 heterocycles. The Morgan fingerprint density at radius 1 is 0.273 bits per heavy atom. The number of carbonyl (C=O) groups is 10. The lowest BCUT2D eigenvalue weighted by atomic mass is 9.80. The highest BCUT2D eigenvalue weighted by atomic mass is 79.9. The fourth-order valence-electron chi connectivity index (χ4n) is 20.3. The lowest BCUT2D eigenvalue weighted by Gasteiger charge is -2.27. The fourth-order valence-corrected chi connectivity index (χ4v) is 21.5. The van der Waals surface area contributed by atoms with Crippen molar-refractivity contribution in [3.05, 3.63) is 0 Å². The van der Waals surface area contributed by atoms with Gasteiger partial charge in [0.05, 0.1) is 76.4 Å². The van der Waals surface area contributed by atoms with Gasteiger partial charge in [0.1, 0.15) is 11.6 Å². The van der Waals surface area contributed by atoms with Gasteiger partial charge in [0.15, 0.2) is 0 Å². The molecule has 8 aliphatic rings. The van der Waals surface area contributed by atoms with Crippen molar-refractivity contribution in [3.63, 3.8) is 0 Å². The highest BCUT2D eigenvalue weighted by Gasteiger charge is 2.47. The minimum atomic E-state index is -0.666. The SMILES string of the molecule is BrCCCCBr.C.CCCCOC(=O)C1(CCCCBr)CCCC1.CCCCOC(=O)C1(CCCCC(=O)CCCCC2(C(=O)OCCCC)CCCC2)CCCC1.CCCCOC(=O)C1CCCC1.F.F.F.FF.FF.FF.FF.FF.FF.FF.O=C(CCCCC1(C(=O)O)CCCC1)CCCCC1(C(=O)O)CCCC1.O=C(O)C1(CCCCC(O)CCCCC2(C(=O)O)CCCC2)CCCC1. The van der Waals surface area contributed by atoms with Gasteiger partial charge in [-0.25, -0.2) is 0 Å². The minimum Gasteiger partial charge on any atom is -0.481 e. The summed E-state index contributed by atoms with van der Waals surface area (Å²) >= 11 is 10.1. The first kappa shape index (κ1) is 152. The third-order valence-corrected chi connectivity index (χ3v) is 30.2. The van der Waals surface area contributed by atoms with Crippen molar-refractivity contribution >= 4 is 107 Å². The van der Waals surface area contributed by atoms with Gasteiger partial charge in [-0.05, 0) is 231 Å². The highest BCUT2D eigenvalue weighted by molar-refractivity contribution is 9.09. The molecule has 0 unspecified atom stereocenters. The van der Waals surface area contributed by atoms with E-state index in [0.717, 1.165) is 382 Å². The van der Waals surface area contributed by atoms with Gasteiger partial charge in [-0.1, -0.05) is 269 Å². The molecule has 0 saturated heterocycles. The number of carbonyl (C=O) groups excluding carboxylic acids is 6. The summed E-state index contributed by atoms with van der Waals surface area (Å²) in [7, 11) is 0. The van der Waals surface area contributed by atoms with E-state index in [1.54, 1.807) is 0 Å². The fraction of sp³-hybridized carbons (Fsp3) is 0.900. The number of carboxylic acid groups (broad SMARTS) is 4. The average Bonchev–Trinajstić information content (AvgIpc) is 1.72. The van der Waals surface area contributed by atoms with Crippen molar-refractivity contribution in [3.8, 4) is 0 Å². The highest BCUT2D eigenvalue weighted by Crippen LogP contribution is 2.49. The topological polar surface area (TPSA) is 309 Å². The summed E-state index contributed by atoms with van der Waals surface area (Å²) in [5.74, 6) is -1.72. The Morgan fingerprint density at radius 3 is 0.655 bits per heavy atom. The van der Waals surface area contributed by atoms with Gasteiger partial charge in [0, 0.05) is 106 Å². The quantitative estimate of drug-likeness (QED) is 0.0124. The molecule has 5 N–H and O–H groups in total. The summed E-state index contributed by atoms with van der Waals surface area (Å²) in [4.78, 5) is 119. The maximum Gasteiger partial charge on any atom is 0.312 e. The van der Waals surface area contributed by atoms with Crippen LogP contribution in [0.15, 0.2) is 0 Å². The smallest absolute Gasteiger partial charge is 0.312 e. The zero-order valence-corrected chi connectivity index (χ0v) is 87.8. The second kappa shape index (κ2) is 99.3. The molecule has 0 bridgehead atoms. The van der Waals surface area contributed by atoms with Crippen LogP contribution in [-0.2, 0) is 66.9 Å². The Bertz CT molecular complexity index is 2770. The van der Waals surface area contributed by atoms with E-state index < -0.39 is 45.5 Å². The molecule has 8 rings (SSSR count). The monoisotopic (exact) mass is 2240 g/mol. The van der Waals surface area contributed by atoms with Crippen molar-refractivity contribution in [1.29, 1.82) is 0 Å². The van der Waals surface area contributed by atoms with Gasteiger partial charge in [0.25, 0.3) is 0 Å². The van der Waals surface area contributed by atoms with Crippen LogP contribution in [0.5, 0.6) is 0 Å². The molecular formula is C100H178Br3F17O19. The largest absolute Gasteiger partial charge is 0.481 e. The zero-order valence-electron chi connectivity index (χ0n) is 83.0. The van der Waals surface area contributed by atoms with Crippen LogP contribution >= 0.6 is 47.8 Å². The van der Waals surface area contributed by atoms with Crippen LogP contribution in [0.1, 0.15) is 478 Å². The summed E-state index contributed by atoms with van der Waals surface area (Å²) in [5, 5.41) is 51.3. The molecule has 0 aliphatic heterocycles. The van der Waals surface area contributed by atoms with Crippen molar-refractivity contribution in [2.75, 3.05) is 42.4 Å². The number of aliphatic hydroxyl groups is 1. The molecular weight excluding hydrogens is 2070 g/mol. The maximum absolute atomic E-state index is 12.7. The van der Waals surface area contributed by atoms with Crippen molar-refractivity contribution < 1.29 is 171 Å². The van der Waals surface area contributed by atoms with Gasteiger partial charge >= 0.3 is 47.8 Å². The number of hydrogen-bond donors (Lipinski definition) is 5. The summed E-state index contributed by atoms with van der Waals surface area (Å²) in [5.41, 5.74) is -2.79. The standard InChI is InChI=1S/C29H50O5.C21H36O5.C21H34O5.C14H25BrO2.C10H18O2.C4H8Br2.CH4.7F2.3FH/c1-3-5-23-33-26(31)28(19-11-12-20-28)17-9-7-15-25(30)16-8-10-18-29(21-13-14-22-29)27(32)34-24-6-4-2;2*22-17(9-1-3-11-20(18(23)24)13-5-6-14-20)10-2-4-12-21(19(25)26)15-7-8-16-21;1-2-3-12-17-13(16)14(8-4-5-9-14)10-6-7-11-15;1-2-3-8-12-10(11)9-6-4-5-7-9;5-3-1-2-4-6;;7*1-2;;;/h3-24H2,1-2H3;17,22H,1-16H2,(H,23,24)(H,25,26);1-16H2,(H,23,24)(H,25,26);2-12H2,1H3;9H,2-8H2,1H3;1-4H2;1H4;;;;;;;;3*1H. The predicted molar refractivity (Wildman–Crippen MR) is 523 cm³/mol. The molecule has 0 radical (unpaired) electrons. The number of carboxylic acids is 4. The van der Waals surface area contributed by atoms with Crippen LogP contribution in [0.4, 0.5) is 78.2 Å². The molecule has 0 aromatic carbocycles. The Balaban J connectivity index is -0.000000211. The van der Waals surface area contributed by atoms with E-state index in [1.807, 2.05) is 0 Å². The van der Waals surface area contributed by atoms with E-state index in [2.05, 4.69) is 75.5 Å². The van der Waals surface area contributed by atoms with Gasteiger partial charge < -0.3 is 44.5 Å². The number of alkyl halides is 3. The third-order valence-electron chi connectivity index (χ3n) is 28.5. The lowest BCUT2D eigenvalue weighted by Crippen LogP contribution is -2.30. The van der Waals surface area contributed by atoms with Crippen molar-refractivity contribution in [1.82, 2.24) is 0 Å². The number of unbranched alkanes of at least 4 members (excludes halogenated alkanes) is 12. The van der Waals surface area contributed by atoms with E-state index in [1.165, 1.54) is 38.5 Å². The van der Waals surface area contributed by atoms with E-state index in [9.17, 15) is 73.5 Å². The second-order valence-electron chi connectivity index (χ2n) is 37.9. The first-order valence-corrected chi connectivity index (χ1v) is 53.7. The zero-order chi connectivity index (χ0) is 103. The molecule has 19 nitrogen and oxygen atoms in total. The van der Waals surface area contributed by atoms with E-state index in [4.69, 9.17) is 83.0 Å². The summed E-state index contributed by atoms with van der Waals surface area (Å²) in [6, 6.07) is 0. The van der Waals surface area contributed by atoms with Crippen LogP contribution in [-0.4, -0.2) is 133 Å². The Morgan fingerprint density at radius 2 is 0.453 bits per heavy atom. The number of aliphatic carboxylic acids is 4. The molecule has 0 aromatic rings. The van der Waals surface area contributed by atoms with E-state index >= 15 is 0 Å². The first-order chi connectivity index (χ1) is 65.3. The van der Waals surface area contributed by atoms with Crippen LogP contribution in [0.2, 0.25) is 0 Å². The maximum atomic E-state index is 12.7. The average molecular weight is 2250 g/mol. The number of rotatable bonds is 57. The van der Waals surface area contributed by atoms with Crippen molar-refractivity contribution in [2.45, 2.75) is 484 Å². The molecule has 8 saturated carbocycles. The Labute approximate surface area is 843 Å². The number of esters is 4. The van der Waals surface area contributed by atoms with Gasteiger partial charge in [-0.15, -0.1) is 0 Å². The predicted octanol–water partition coefficient (Wildman–Crippen LogP) is 33.7. The number of Topliss-reactive ketones (excluding diaryl/α,β-unsaturated/α-hetero) is 2. The number of ether oxygens (including phenoxy) is 4. The molecule has 8 aliphatic carbocycles. The van der Waals surface area contributed by atoms with Gasteiger partial charge in [-0.2, -0.15) is 0 Å². The number of ketones is 2. The van der Waals surface area contributed by atoms with Gasteiger partial charge in [0.2, 0.25) is 0 Å². The van der Waals surface area contributed by atoms with Crippen LogP contribution in [0.3, 0.4) is 0 Å². The summed E-state index contributed by atoms with van der Waals surface area (Å²) in [6.45, 7) is 10.7. The number of aliphatic hydroxyl groups excluding tert-OH is 1. The normalized spacial score (nSPS) is 16.9. The molecule has 0 amide bonds. The second-order valence-corrected chi connectivity index (χ2v) is 40.3. The van der Waals surface area contributed by atoms with Crippen LogP contribution in [0, 0.1) is 43.8 Å². The lowest BCUT2D eigenvalue weighted by molar-refractivity contribution is -0.157. The Kier molecular flexibility index (Phi) is 109. The van der Waals surface area contributed by atoms with E-state index in [0.29, 0.717) is 70.7 Å². The molecule has 0 aromatic heterocycles. The molecule has 8 fully saturated rings. The third kappa shape index (κ3) is 64.8. The molecule has 0 spiro atoms. The Hall–Kier alpha value is -4.69. The van der Waals surface area contributed by atoms with Gasteiger partial charge in [-0.3, -0.25) is 62.1 Å². The molecule has 39 heteroatoms. The number of hydrogen-bond acceptors (Lipinski definition) is 15. The first-order valence-electron chi connectivity index (χ1n) is 50.3. The van der Waals surface area contributed by atoms with Crippen molar-refractivity contribution in [2.24, 2.45) is 43.8 Å². The minimum absolute atomic E-state index is 0. The van der Waals surface area contributed by atoms with E-state index in [-0.39, 0.29) is 79.5 Å². The summed E-state index contributed by atoms with van der Waals surface area (Å²) < 4.78 is 134. The number of halogens is 20. The molecule has 832 valence electrons. The van der Waals surface area contributed by atoms with Crippen LogP contribution < -0.4 is 0 Å².